The third-order valence-electron chi connectivity index (χ3n) is 0.287. The van der Waals surface area contributed by atoms with Gasteiger partial charge in [0.2, 0.25) is 10.5 Å². The van der Waals surface area contributed by atoms with Gasteiger partial charge in [0.25, 0.3) is 5.97 Å². The van der Waals surface area contributed by atoms with Gasteiger partial charge in [0.05, 0.1) is 0 Å². The van der Waals surface area contributed by atoms with Gasteiger partial charge < -0.3 is 4.43 Å². The Morgan fingerprint density at radius 1 is 1.56 bits per heavy atom. The summed E-state index contributed by atoms with van der Waals surface area (Å²) in [7, 11) is 0.524. The second-order valence-electron chi connectivity index (χ2n) is 0.943. The maximum atomic E-state index is 9.62. The first-order chi connectivity index (χ1) is 4.00. The van der Waals surface area contributed by atoms with Crippen LogP contribution in [0.4, 0.5) is 0 Å². The fourth-order valence-corrected chi connectivity index (χ4v) is 0. The molecule has 0 saturated carbocycles. The summed E-state index contributed by atoms with van der Waals surface area (Å²) >= 11 is 14.4. The average Bonchev–Trinajstić information content (AvgIpc) is 1.65. The van der Waals surface area contributed by atoms with Crippen molar-refractivity contribution in [2.45, 2.75) is 11.2 Å². The molecule has 0 aromatic rings. The van der Waals surface area contributed by atoms with E-state index in [-0.39, 0.29) is 5.97 Å². The van der Waals surface area contributed by atoms with Gasteiger partial charge in [0.1, 0.15) is 0 Å². The fourth-order valence-electron chi connectivity index (χ4n) is 0. The van der Waals surface area contributed by atoms with E-state index in [1.54, 1.807) is 0 Å². The predicted molar refractivity (Wildman–Crippen MR) is 43.1 cm³/mol. The van der Waals surface area contributed by atoms with Gasteiger partial charge >= 0.3 is 0 Å². The average molecular weight is 210 g/mol. The first-order valence-electron chi connectivity index (χ1n) is 1.97. The van der Waals surface area contributed by atoms with Crippen LogP contribution in [0.1, 0.15) is 6.92 Å². The summed E-state index contributed by atoms with van der Waals surface area (Å²) < 4.78 is 3.50. The van der Waals surface area contributed by atoms with Gasteiger partial charge in [0, 0.05) is 6.92 Å². The molecule has 0 bridgehead atoms. The molecule has 0 aliphatic heterocycles. The van der Waals surface area contributed by atoms with Crippen molar-refractivity contribution in [2.75, 3.05) is 0 Å². The highest BCUT2D eigenvalue weighted by atomic mass is 35.6. The third kappa shape index (κ3) is 56.3. The number of carbonyl (C=O) groups excluding carboxylic acids is 1. The van der Waals surface area contributed by atoms with Crippen LogP contribution in [0.5, 0.6) is 0 Å². The second-order valence-corrected chi connectivity index (χ2v) is 3.33. The molecule has 0 unspecified atom stereocenters. The van der Waals surface area contributed by atoms with E-state index in [2.05, 4.69) is 4.43 Å². The molecule has 0 radical (unpaired) electrons. The molecule has 0 spiro atoms. The molecule has 0 aliphatic carbocycles. The summed E-state index contributed by atoms with van der Waals surface area (Å²) in [6, 6.07) is 0. The summed E-state index contributed by atoms with van der Waals surface area (Å²) in [6.07, 6.45) is 0. The van der Waals surface area contributed by atoms with Crippen LogP contribution in [0.2, 0.25) is 0 Å². The van der Waals surface area contributed by atoms with Crippen molar-refractivity contribution in [1.29, 1.82) is 0 Å². The maximum absolute atomic E-state index is 9.62. The highest BCUT2D eigenvalue weighted by Crippen LogP contribution is 2.03. The van der Waals surface area contributed by atoms with Crippen LogP contribution in [0.3, 0.4) is 0 Å². The third-order valence-corrected chi connectivity index (χ3v) is 0.862. The predicted octanol–water partition coefficient (Wildman–Crippen LogP) is 0.816. The zero-order valence-electron chi connectivity index (χ0n) is 5.03. The molecule has 56 valence electrons. The summed E-state index contributed by atoms with van der Waals surface area (Å²) in [5.41, 5.74) is 0. The molecular weight excluding hydrogens is 202 g/mol. The van der Waals surface area contributed by atoms with Crippen molar-refractivity contribution in [3.05, 3.63) is 0 Å². The number of rotatable bonds is 0. The van der Waals surface area contributed by atoms with E-state index in [0.29, 0.717) is 10.5 Å². The molecule has 0 atom stereocenters. The van der Waals surface area contributed by atoms with Crippen LogP contribution in [0.15, 0.2) is 0 Å². The molecule has 0 aromatic carbocycles. The topological polar surface area (TPSA) is 26.3 Å². The van der Waals surface area contributed by atoms with E-state index in [1.165, 1.54) is 6.92 Å². The van der Waals surface area contributed by atoms with Crippen LogP contribution in [-0.4, -0.2) is 20.8 Å². The molecule has 2 nitrogen and oxygen atoms in total. The van der Waals surface area contributed by atoms with Crippen LogP contribution in [0.25, 0.3) is 0 Å². The Hall–Kier alpha value is 0.557. The largest absolute Gasteiger partial charge is 0.529 e. The Kier molecular flexibility index (Phi) is 11.7. The molecule has 0 N–H and O–H groups in total. The van der Waals surface area contributed by atoms with Crippen molar-refractivity contribution in [1.82, 2.24) is 0 Å². The Labute approximate surface area is 72.0 Å². The minimum atomic E-state index is -0.750. The lowest BCUT2D eigenvalue weighted by Gasteiger charge is -1.82. The summed E-state index contributed by atoms with van der Waals surface area (Å²) in [5, 5.41) is 0. The molecule has 0 aromatic heterocycles. The molecular formula is C3H7Cl3O2Si. The lowest BCUT2D eigenvalue weighted by molar-refractivity contribution is -0.131. The van der Waals surface area contributed by atoms with E-state index in [4.69, 9.17) is 34.8 Å². The van der Waals surface area contributed by atoms with E-state index in [1.807, 2.05) is 0 Å². The molecule has 6 heteroatoms. The monoisotopic (exact) mass is 208 g/mol. The fraction of sp³-hybridized carbons (Fsp3) is 0.667. The first kappa shape index (κ1) is 12.3. The standard InChI is InChI=1S/C2H6O2Si.CHCl3/c1-2(3)4-5;2-1(3)4/h1,5H3;1H. The molecule has 0 fully saturated rings. The van der Waals surface area contributed by atoms with Crippen LogP contribution in [-0.2, 0) is 9.22 Å². The lowest BCUT2D eigenvalue weighted by atomic mass is 10.9. The highest BCUT2D eigenvalue weighted by Gasteiger charge is 1.78. The number of carbonyl (C=O) groups is 1. The summed E-state index contributed by atoms with van der Waals surface area (Å²) in [5.74, 6) is -0.184. The van der Waals surface area contributed by atoms with Crippen LogP contribution < -0.4 is 0 Å². The minimum absolute atomic E-state index is 0.184. The van der Waals surface area contributed by atoms with E-state index >= 15 is 0 Å². The van der Waals surface area contributed by atoms with Gasteiger partial charge in [-0.3, -0.25) is 4.79 Å². The summed E-state index contributed by atoms with van der Waals surface area (Å²) in [4.78, 5) is 9.62. The number of hydrogen-bond donors (Lipinski definition) is 0. The summed E-state index contributed by atoms with van der Waals surface area (Å²) in [6.45, 7) is 1.40. The van der Waals surface area contributed by atoms with Gasteiger partial charge in [-0.25, -0.2) is 0 Å². The number of hydrogen-bond acceptors (Lipinski definition) is 2. The quantitative estimate of drug-likeness (QED) is 0.436. The van der Waals surface area contributed by atoms with Crippen LogP contribution >= 0.6 is 34.8 Å². The van der Waals surface area contributed by atoms with Crippen LogP contribution in [0, 0.1) is 0 Å². The molecule has 0 amide bonds. The Morgan fingerprint density at radius 3 is 1.67 bits per heavy atom. The van der Waals surface area contributed by atoms with Gasteiger partial charge in [-0.2, -0.15) is 0 Å². The van der Waals surface area contributed by atoms with Gasteiger partial charge in [0.15, 0.2) is 4.30 Å². The zero-order chi connectivity index (χ0) is 7.86. The van der Waals surface area contributed by atoms with Gasteiger partial charge in [-0.1, -0.05) is 34.8 Å². The smallest absolute Gasteiger partial charge is 0.288 e. The Bertz CT molecular complexity index is 74.7. The van der Waals surface area contributed by atoms with Crippen molar-refractivity contribution in [3.63, 3.8) is 0 Å². The SMILES string of the molecule is CC(=O)O[SiH3].ClC(Cl)Cl. The Balaban J connectivity index is 0. The highest BCUT2D eigenvalue weighted by molar-refractivity contribution is 6.63. The molecule has 0 saturated heterocycles. The maximum Gasteiger partial charge on any atom is 0.288 e. The molecule has 0 heterocycles. The molecule has 9 heavy (non-hydrogen) atoms. The normalized spacial score (nSPS) is 8.11. The second kappa shape index (κ2) is 8.56. The first-order valence-corrected chi connectivity index (χ1v) is 4.10. The zero-order valence-corrected chi connectivity index (χ0v) is 9.30. The van der Waals surface area contributed by atoms with E-state index in [9.17, 15) is 4.79 Å². The lowest BCUT2D eigenvalue weighted by Crippen LogP contribution is -1.90. The van der Waals surface area contributed by atoms with Gasteiger partial charge in [-0.05, 0) is 0 Å². The van der Waals surface area contributed by atoms with Gasteiger partial charge in [-0.15, -0.1) is 0 Å². The van der Waals surface area contributed by atoms with E-state index in [0.717, 1.165) is 0 Å². The van der Waals surface area contributed by atoms with Crippen molar-refractivity contribution in [2.24, 2.45) is 0 Å². The minimum Gasteiger partial charge on any atom is -0.529 e. The van der Waals surface area contributed by atoms with Crippen molar-refractivity contribution in [3.8, 4) is 0 Å². The van der Waals surface area contributed by atoms with Crippen molar-refractivity contribution < 1.29 is 9.22 Å². The Morgan fingerprint density at radius 2 is 1.67 bits per heavy atom. The van der Waals surface area contributed by atoms with Crippen molar-refractivity contribution >= 4 is 51.3 Å². The number of alkyl halides is 3. The van der Waals surface area contributed by atoms with E-state index < -0.39 is 4.30 Å². The molecule has 0 aliphatic rings. The molecule has 0 rings (SSSR count). The number of halogens is 3.